The maximum atomic E-state index is 4.94. The Morgan fingerprint density at radius 3 is 2.88 bits per heavy atom. The number of rotatable bonds is 4. The number of aromatic nitrogens is 2. The van der Waals surface area contributed by atoms with Crippen molar-refractivity contribution in [2.75, 3.05) is 0 Å². The second-order valence-electron chi connectivity index (χ2n) is 6.02. The molecule has 0 bridgehead atoms. The van der Waals surface area contributed by atoms with Crippen molar-refractivity contribution in [3.63, 3.8) is 0 Å². The van der Waals surface area contributed by atoms with E-state index < -0.39 is 0 Å². The quantitative estimate of drug-likeness (QED) is 0.652. The van der Waals surface area contributed by atoms with Gasteiger partial charge in [-0.05, 0) is 48.7 Å². The molecule has 0 fully saturated rings. The number of hydrogen-bond donors (Lipinski definition) is 0. The van der Waals surface area contributed by atoms with Crippen LogP contribution in [0.1, 0.15) is 31.9 Å². The molecule has 0 radical (unpaired) electrons. The molecule has 0 saturated carbocycles. The average Bonchev–Trinajstić information content (AvgIpc) is 3.06. The van der Waals surface area contributed by atoms with E-state index in [4.69, 9.17) is 9.98 Å². The SMILES string of the molecule is CCCC1CC=CC(c2ccc3scc(-c4ccncc4)c3n2)=N1. The van der Waals surface area contributed by atoms with E-state index in [2.05, 4.69) is 41.6 Å². The standard InChI is InChI=1S/C20H19N3S/c1-2-4-15-5-3-6-17(22-15)18-7-8-19-20(23-18)16(13-24-19)14-9-11-21-12-10-14/h3,6-13,15H,2,4-5H2,1H3. The highest BCUT2D eigenvalue weighted by Gasteiger charge is 2.14. The summed E-state index contributed by atoms with van der Waals surface area (Å²) in [7, 11) is 0. The largest absolute Gasteiger partial charge is 0.279 e. The fourth-order valence-corrected chi connectivity index (χ4v) is 3.99. The van der Waals surface area contributed by atoms with Gasteiger partial charge in [-0.3, -0.25) is 9.98 Å². The molecular weight excluding hydrogens is 314 g/mol. The monoisotopic (exact) mass is 333 g/mol. The van der Waals surface area contributed by atoms with Gasteiger partial charge in [-0.25, -0.2) is 4.98 Å². The van der Waals surface area contributed by atoms with E-state index in [1.807, 2.05) is 24.5 Å². The molecule has 3 nitrogen and oxygen atoms in total. The van der Waals surface area contributed by atoms with Crippen LogP contribution in [0.15, 0.2) is 59.2 Å². The third-order valence-electron chi connectivity index (χ3n) is 4.30. The topological polar surface area (TPSA) is 38.1 Å². The minimum Gasteiger partial charge on any atom is -0.279 e. The van der Waals surface area contributed by atoms with Crippen LogP contribution in [0.25, 0.3) is 21.3 Å². The molecule has 0 aliphatic carbocycles. The molecule has 120 valence electrons. The van der Waals surface area contributed by atoms with Crippen molar-refractivity contribution in [2.24, 2.45) is 4.99 Å². The highest BCUT2D eigenvalue weighted by Crippen LogP contribution is 2.32. The summed E-state index contributed by atoms with van der Waals surface area (Å²) in [5.74, 6) is 0. The molecule has 1 aliphatic rings. The second-order valence-corrected chi connectivity index (χ2v) is 6.93. The Morgan fingerprint density at radius 1 is 1.17 bits per heavy atom. The molecule has 1 atom stereocenters. The van der Waals surface area contributed by atoms with Gasteiger partial charge in [0.1, 0.15) is 0 Å². The zero-order valence-electron chi connectivity index (χ0n) is 13.6. The van der Waals surface area contributed by atoms with Crippen molar-refractivity contribution in [1.82, 2.24) is 9.97 Å². The van der Waals surface area contributed by atoms with Gasteiger partial charge in [0.05, 0.1) is 27.7 Å². The van der Waals surface area contributed by atoms with E-state index in [-0.39, 0.29) is 0 Å². The molecule has 24 heavy (non-hydrogen) atoms. The molecule has 4 heteroatoms. The molecule has 4 heterocycles. The lowest BCUT2D eigenvalue weighted by Gasteiger charge is -2.15. The highest BCUT2D eigenvalue weighted by atomic mass is 32.1. The molecule has 0 saturated heterocycles. The van der Waals surface area contributed by atoms with Gasteiger partial charge in [0.2, 0.25) is 0 Å². The van der Waals surface area contributed by atoms with Crippen LogP contribution in [-0.4, -0.2) is 21.7 Å². The first-order valence-corrected chi connectivity index (χ1v) is 9.26. The Balaban J connectivity index is 1.77. The molecule has 0 amide bonds. The third-order valence-corrected chi connectivity index (χ3v) is 5.24. The molecule has 3 aromatic rings. The van der Waals surface area contributed by atoms with E-state index in [0.717, 1.165) is 35.3 Å². The summed E-state index contributed by atoms with van der Waals surface area (Å²) in [5.41, 5.74) is 5.36. The Bertz CT molecular complexity index is 909. The summed E-state index contributed by atoms with van der Waals surface area (Å²) >= 11 is 1.73. The van der Waals surface area contributed by atoms with Crippen LogP contribution in [0.5, 0.6) is 0 Å². The molecule has 1 unspecified atom stereocenters. The van der Waals surface area contributed by atoms with Crippen molar-refractivity contribution in [3.05, 3.63) is 59.9 Å². The summed E-state index contributed by atoms with van der Waals surface area (Å²) in [6.07, 6.45) is 11.3. The molecule has 0 spiro atoms. The summed E-state index contributed by atoms with van der Waals surface area (Å²) < 4.78 is 1.20. The molecule has 0 N–H and O–H groups in total. The van der Waals surface area contributed by atoms with Gasteiger partial charge in [0, 0.05) is 23.3 Å². The van der Waals surface area contributed by atoms with Gasteiger partial charge in [0.25, 0.3) is 0 Å². The van der Waals surface area contributed by atoms with Crippen LogP contribution in [0.2, 0.25) is 0 Å². The first kappa shape index (κ1) is 15.2. The number of aliphatic imine (C=N–C) groups is 1. The Kier molecular flexibility index (Phi) is 4.22. The van der Waals surface area contributed by atoms with Crippen LogP contribution in [0.4, 0.5) is 0 Å². The Labute approximate surface area is 145 Å². The molecule has 1 aliphatic heterocycles. The number of fused-ring (bicyclic) bond motifs is 1. The summed E-state index contributed by atoms with van der Waals surface area (Å²) in [6.45, 7) is 2.21. The van der Waals surface area contributed by atoms with E-state index in [1.54, 1.807) is 11.3 Å². The van der Waals surface area contributed by atoms with Crippen molar-refractivity contribution < 1.29 is 0 Å². The van der Waals surface area contributed by atoms with Crippen molar-refractivity contribution in [3.8, 4) is 11.1 Å². The smallest absolute Gasteiger partial charge is 0.0896 e. The summed E-state index contributed by atoms with van der Waals surface area (Å²) in [6, 6.07) is 8.71. The van der Waals surface area contributed by atoms with Gasteiger partial charge < -0.3 is 0 Å². The molecular formula is C20H19N3S. The van der Waals surface area contributed by atoms with Crippen LogP contribution in [0, 0.1) is 0 Å². The maximum absolute atomic E-state index is 4.94. The first-order chi connectivity index (χ1) is 11.8. The maximum Gasteiger partial charge on any atom is 0.0896 e. The van der Waals surface area contributed by atoms with Crippen molar-refractivity contribution in [1.29, 1.82) is 0 Å². The third kappa shape index (κ3) is 2.89. The fourth-order valence-electron chi connectivity index (χ4n) is 3.09. The van der Waals surface area contributed by atoms with E-state index >= 15 is 0 Å². The van der Waals surface area contributed by atoms with Gasteiger partial charge in [-0.15, -0.1) is 11.3 Å². The van der Waals surface area contributed by atoms with Crippen LogP contribution >= 0.6 is 11.3 Å². The lowest BCUT2D eigenvalue weighted by Crippen LogP contribution is -2.13. The highest BCUT2D eigenvalue weighted by molar-refractivity contribution is 7.17. The van der Waals surface area contributed by atoms with Gasteiger partial charge >= 0.3 is 0 Å². The van der Waals surface area contributed by atoms with Crippen LogP contribution in [-0.2, 0) is 0 Å². The minimum absolute atomic E-state index is 0.398. The van der Waals surface area contributed by atoms with Gasteiger partial charge in [0.15, 0.2) is 0 Å². The van der Waals surface area contributed by atoms with E-state index in [9.17, 15) is 0 Å². The number of nitrogens with zero attached hydrogens (tertiary/aromatic N) is 3. The lowest BCUT2D eigenvalue weighted by atomic mass is 10.0. The van der Waals surface area contributed by atoms with E-state index in [0.29, 0.717) is 6.04 Å². The zero-order valence-corrected chi connectivity index (χ0v) is 14.5. The normalized spacial score (nSPS) is 17.2. The number of thiophene rings is 1. The predicted octanol–water partition coefficient (Wildman–Crippen LogP) is 5.28. The number of hydrogen-bond acceptors (Lipinski definition) is 4. The van der Waals surface area contributed by atoms with Gasteiger partial charge in [-0.1, -0.05) is 19.4 Å². The second kappa shape index (κ2) is 6.65. The van der Waals surface area contributed by atoms with Crippen LogP contribution in [0.3, 0.4) is 0 Å². The predicted molar refractivity (Wildman–Crippen MR) is 102 cm³/mol. The molecule has 0 aromatic carbocycles. The number of allylic oxidation sites excluding steroid dienone is 1. The minimum atomic E-state index is 0.398. The van der Waals surface area contributed by atoms with E-state index in [1.165, 1.54) is 16.7 Å². The van der Waals surface area contributed by atoms with Gasteiger partial charge in [-0.2, -0.15) is 0 Å². The van der Waals surface area contributed by atoms with Crippen molar-refractivity contribution in [2.45, 2.75) is 32.2 Å². The Hall–Kier alpha value is -2.33. The molecule has 3 aromatic heterocycles. The fraction of sp³-hybridized carbons (Fsp3) is 0.250. The number of pyridine rings is 2. The van der Waals surface area contributed by atoms with Crippen LogP contribution < -0.4 is 0 Å². The lowest BCUT2D eigenvalue weighted by molar-refractivity contribution is 0.609. The summed E-state index contributed by atoms with van der Waals surface area (Å²) in [5, 5.41) is 2.18. The van der Waals surface area contributed by atoms with Crippen molar-refractivity contribution >= 4 is 27.3 Å². The average molecular weight is 333 g/mol. The first-order valence-electron chi connectivity index (χ1n) is 8.38. The Morgan fingerprint density at radius 2 is 2.04 bits per heavy atom. The summed E-state index contributed by atoms with van der Waals surface area (Å²) in [4.78, 5) is 13.9. The molecule has 4 rings (SSSR count). The number of dihydropyridines is 1. The zero-order chi connectivity index (χ0) is 16.4.